The van der Waals surface area contributed by atoms with E-state index < -0.39 is 5.41 Å². The molecule has 1 heterocycles. The van der Waals surface area contributed by atoms with E-state index in [1.807, 2.05) is 37.4 Å². The predicted molar refractivity (Wildman–Crippen MR) is 115 cm³/mol. The Balaban J connectivity index is 1.73. The van der Waals surface area contributed by atoms with Crippen molar-refractivity contribution in [2.24, 2.45) is 0 Å². The van der Waals surface area contributed by atoms with Crippen molar-refractivity contribution < 1.29 is 14.3 Å². The summed E-state index contributed by atoms with van der Waals surface area (Å²) in [7, 11) is 1.82. The number of hydrogen-bond acceptors (Lipinski definition) is 3. The number of nitrogens with one attached hydrogen (secondary N) is 1. The van der Waals surface area contributed by atoms with Gasteiger partial charge in [0.1, 0.15) is 0 Å². The highest BCUT2D eigenvalue weighted by Crippen LogP contribution is 2.36. The minimum absolute atomic E-state index is 0.00140. The van der Waals surface area contributed by atoms with Gasteiger partial charge in [0.25, 0.3) is 5.91 Å². The smallest absolute Gasteiger partial charge is 0.253 e. The van der Waals surface area contributed by atoms with E-state index in [0.717, 1.165) is 24.9 Å². The first-order valence-electron chi connectivity index (χ1n) is 10.4. The summed E-state index contributed by atoms with van der Waals surface area (Å²) >= 11 is 0. The van der Waals surface area contributed by atoms with Crippen molar-refractivity contribution in [3.8, 4) is 0 Å². The molecule has 2 aromatic carbocycles. The topological polar surface area (TPSA) is 58.6 Å². The van der Waals surface area contributed by atoms with Crippen LogP contribution in [0.25, 0.3) is 0 Å². The van der Waals surface area contributed by atoms with E-state index in [0.29, 0.717) is 37.3 Å². The summed E-state index contributed by atoms with van der Waals surface area (Å²) in [5.41, 5.74) is 1.76. The van der Waals surface area contributed by atoms with Crippen molar-refractivity contribution in [1.29, 1.82) is 0 Å². The van der Waals surface area contributed by atoms with Gasteiger partial charge in [-0.05, 0) is 49.1 Å². The molecule has 0 aliphatic carbocycles. The Morgan fingerprint density at radius 1 is 1.03 bits per heavy atom. The summed E-state index contributed by atoms with van der Waals surface area (Å²) in [6.07, 6.45) is 3.35. The number of hydrogen-bond donors (Lipinski definition) is 1. The van der Waals surface area contributed by atoms with Crippen LogP contribution in [-0.4, -0.2) is 43.5 Å². The van der Waals surface area contributed by atoms with E-state index in [4.69, 9.17) is 4.74 Å². The summed E-state index contributed by atoms with van der Waals surface area (Å²) < 4.78 is 5.52. The standard InChI is InChI=1S/C24H30N2O3/c1-3-4-16-26(2)22(27)19-10-12-21(13-11-19)25-23(28)24(14-17-29-18-15-24)20-8-6-5-7-9-20/h5-13H,3-4,14-18H2,1-2H3,(H,25,28). The third-order valence-corrected chi connectivity index (χ3v) is 5.69. The predicted octanol–water partition coefficient (Wildman–Crippen LogP) is 4.25. The van der Waals surface area contributed by atoms with Crippen LogP contribution in [0.2, 0.25) is 0 Å². The Bertz CT molecular complexity index is 812. The molecule has 0 aromatic heterocycles. The second-order valence-corrected chi connectivity index (χ2v) is 7.67. The first kappa shape index (κ1) is 21.1. The van der Waals surface area contributed by atoms with Crippen LogP contribution >= 0.6 is 0 Å². The summed E-state index contributed by atoms with van der Waals surface area (Å²) in [4.78, 5) is 27.5. The summed E-state index contributed by atoms with van der Waals surface area (Å²) in [6, 6.07) is 17.1. The average molecular weight is 395 g/mol. The van der Waals surface area contributed by atoms with Gasteiger partial charge in [0, 0.05) is 38.1 Å². The first-order valence-corrected chi connectivity index (χ1v) is 10.4. The second kappa shape index (κ2) is 9.70. The quantitative estimate of drug-likeness (QED) is 0.764. The lowest BCUT2D eigenvalue weighted by Gasteiger charge is -2.36. The molecule has 5 nitrogen and oxygen atoms in total. The van der Waals surface area contributed by atoms with Gasteiger partial charge in [-0.15, -0.1) is 0 Å². The molecule has 1 aliphatic rings. The van der Waals surface area contributed by atoms with E-state index >= 15 is 0 Å². The van der Waals surface area contributed by atoms with Crippen molar-refractivity contribution in [1.82, 2.24) is 4.90 Å². The molecule has 0 atom stereocenters. The highest BCUT2D eigenvalue weighted by atomic mass is 16.5. The van der Waals surface area contributed by atoms with Crippen molar-refractivity contribution in [2.75, 3.05) is 32.1 Å². The highest BCUT2D eigenvalue weighted by molar-refractivity contribution is 6.00. The number of carbonyl (C=O) groups excluding carboxylic acids is 2. The first-order chi connectivity index (χ1) is 14.1. The molecule has 154 valence electrons. The van der Waals surface area contributed by atoms with E-state index in [1.165, 1.54) is 0 Å². The average Bonchev–Trinajstić information content (AvgIpc) is 2.78. The number of rotatable bonds is 7. The van der Waals surface area contributed by atoms with Gasteiger partial charge >= 0.3 is 0 Å². The normalized spacial score (nSPS) is 15.5. The van der Waals surface area contributed by atoms with Gasteiger partial charge in [-0.2, -0.15) is 0 Å². The SMILES string of the molecule is CCCCN(C)C(=O)c1ccc(NC(=O)C2(c3ccccc3)CCOCC2)cc1. The molecule has 0 bridgehead atoms. The zero-order valence-corrected chi connectivity index (χ0v) is 17.3. The van der Waals surface area contributed by atoms with Crippen molar-refractivity contribution in [3.63, 3.8) is 0 Å². The molecule has 2 amide bonds. The van der Waals surface area contributed by atoms with Gasteiger partial charge < -0.3 is 15.0 Å². The molecule has 1 N–H and O–H groups in total. The number of ether oxygens (including phenoxy) is 1. The molecule has 1 aliphatic heterocycles. The number of nitrogens with zero attached hydrogens (tertiary/aromatic N) is 1. The highest BCUT2D eigenvalue weighted by Gasteiger charge is 2.41. The van der Waals surface area contributed by atoms with Gasteiger partial charge in [-0.3, -0.25) is 9.59 Å². The van der Waals surface area contributed by atoms with Crippen LogP contribution in [0.15, 0.2) is 54.6 Å². The molecule has 3 rings (SSSR count). The Morgan fingerprint density at radius 2 is 1.69 bits per heavy atom. The van der Waals surface area contributed by atoms with Crippen LogP contribution in [0.4, 0.5) is 5.69 Å². The van der Waals surface area contributed by atoms with E-state index in [-0.39, 0.29) is 11.8 Å². The fourth-order valence-corrected chi connectivity index (χ4v) is 3.79. The van der Waals surface area contributed by atoms with Crippen LogP contribution in [0.5, 0.6) is 0 Å². The summed E-state index contributed by atoms with van der Waals surface area (Å²) in [6.45, 7) is 3.99. The second-order valence-electron chi connectivity index (χ2n) is 7.67. The number of unbranched alkanes of at least 4 members (excludes halogenated alkanes) is 1. The van der Waals surface area contributed by atoms with Gasteiger partial charge in [0.15, 0.2) is 0 Å². The maximum Gasteiger partial charge on any atom is 0.253 e. The fraction of sp³-hybridized carbons (Fsp3) is 0.417. The number of benzene rings is 2. The fourth-order valence-electron chi connectivity index (χ4n) is 3.79. The maximum atomic E-state index is 13.3. The Kier molecular flexibility index (Phi) is 7.04. The largest absolute Gasteiger partial charge is 0.381 e. The minimum atomic E-state index is -0.589. The van der Waals surface area contributed by atoms with Crippen molar-refractivity contribution in [3.05, 3.63) is 65.7 Å². The minimum Gasteiger partial charge on any atom is -0.381 e. The van der Waals surface area contributed by atoms with Gasteiger partial charge in [0.2, 0.25) is 5.91 Å². The molecule has 0 unspecified atom stereocenters. The molecule has 1 fully saturated rings. The number of anilines is 1. The lowest BCUT2D eigenvalue weighted by Crippen LogP contribution is -2.44. The molecular formula is C24H30N2O3. The zero-order chi connectivity index (χ0) is 20.7. The van der Waals surface area contributed by atoms with E-state index in [1.54, 1.807) is 29.2 Å². The summed E-state index contributed by atoms with van der Waals surface area (Å²) in [5, 5.41) is 3.06. The molecule has 0 radical (unpaired) electrons. The molecular weight excluding hydrogens is 364 g/mol. The lowest BCUT2D eigenvalue weighted by molar-refractivity contribution is -0.125. The molecule has 2 aromatic rings. The van der Waals surface area contributed by atoms with Crippen molar-refractivity contribution >= 4 is 17.5 Å². The van der Waals surface area contributed by atoms with E-state index in [2.05, 4.69) is 12.2 Å². The molecule has 29 heavy (non-hydrogen) atoms. The van der Waals surface area contributed by atoms with Crippen LogP contribution in [0.1, 0.15) is 48.5 Å². The monoisotopic (exact) mass is 394 g/mol. The number of amides is 2. The third-order valence-electron chi connectivity index (χ3n) is 5.69. The molecule has 1 saturated heterocycles. The van der Waals surface area contributed by atoms with Crippen LogP contribution in [0.3, 0.4) is 0 Å². The number of carbonyl (C=O) groups is 2. The van der Waals surface area contributed by atoms with Crippen LogP contribution in [0, 0.1) is 0 Å². The van der Waals surface area contributed by atoms with Crippen LogP contribution in [-0.2, 0) is 14.9 Å². The zero-order valence-electron chi connectivity index (χ0n) is 17.3. The van der Waals surface area contributed by atoms with E-state index in [9.17, 15) is 9.59 Å². The van der Waals surface area contributed by atoms with Crippen molar-refractivity contribution in [2.45, 2.75) is 38.0 Å². The van der Waals surface area contributed by atoms with Gasteiger partial charge in [-0.1, -0.05) is 43.7 Å². The molecule has 5 heteroatoms. The Hall–Kier alpha value is -2.66. The maximum absolute atomic E-state index is 13.3. The lowest BCUT2D eigenvalue weighted by atomic mass is 9.73. The van der Waals surface area contributed by atoms with Gasteiger partial charge in [0.05, 0.1) is 5.41 Å². The molecule has 0 saturated carbocycles. The van der Waals surface area contributed by atoms with Gasteiger partial charge in [-0.25, -0.2) is 0 Å². The Labute approximate surface area is 173 Å². The Morgan fingerprint density at radius 3 is 2.31 bits per heavy atom. The summed E-state index contributed by atoms with van der Waals surface area (Å²) in [5.74, 6) is -0.0207. The molecule has 0 spiro atoms. The third kappa shape index (κ3) is 4.85. The van der Waals surface area contributed by atoms with Crippen LogP contribution < -0.4 is 5.32 Å².